The molecular weight excluding hydrogens is 306 g/mol. The van der Waals surface area contributed by atoms with E-state index >= 15 is 0 Å². The van der Waals surface area contributed by atoms with Gasteiger partial charge in [0.25, 0.3) is 0 Å². The molecule has 0 fully saturated rings. The molecule has 0 saturated carbocycles. The van der Waals surface area contributed by atoms with Gasteiger partial charge in [0.15, 0.2) is 5.65 Å². The first-order valence-electron chi connectivity index (χ1n) is 7.83. The third-order valence-electron chi connectivity index (χ3n) is 3.77. The van der Waals surface area contributed by atoms with Crippen LogP contribution in [0.15, 0.2) is 12.4 Å². The number of rotatable bonds is 4. The van der Waals surface area contributed by atoms with Crippen LogP contribution in [-0.2, 0) is 19.1 Å². The quantitative estimate of drug-likeness (QED) is 0.790. The highest BCUT2D eigenvalue weighted by molar-refractivity contribution is 5.81. The molecule has 24 heavy (non-hydrogen) atoms. The van der Waals surface area contributed by atoms with Gasteiger partial charge >= 0.3 is 0 Å². The normalized spacial score (nSPS) is 11.9. The second kappa shape index (κ2) is 5.77. The smallest absolute Gasteiger partial charge is 0.229 e. The Balaban J connectivity index is 1.97. The van der Waals surface area contributed by atoms with Crippen molar-refractivity contribution in [2.45, 2.75) is 39.8 Å². The first kappa shape index (κ1) is 16.2. The molecule has 3 aromatic heterocycles. The Labute approximate surface area is 140 Å². The monoisotopic (exact) mass is 329 g/mol. The van der Waals surface area contributed by atoms with Crippen LogP contribution in [-0.4, -0.2) is 36.6 Å². The molecular formula is C16H23N7O. The van der Waals surface area contributed by atoms with Crippen molar-refractivity contribution >= 4 is 17.0 Å². The van der Waals surface area contributed by atoms with Gasteiger partial charge in [-0.15, -0.1) is 0 Å². The summed E-state index contributed by atoms with van der Waals surface area (Å²) in [6.45, 7) is 8.83. The molecule has 0 radical (unpaired) electrons. The number of nitrogens with one attached hydrogen (secondary N) is 1. The second-order valence-electron chi connectivity index (χ2n) is 6.79. The number of hydrogen-bond acceptors (Lipinski definition) is 6. The summed E-state index contributed by atoms with van der Waals surface area (Å²) in [6.07, 6.45) is 3.73. The van der Waals surface area contributed by atoms with Crippen molar-refractivity contribution in [2.75, 3.05) is 12.4 Å². The minimum absolute atomic E-state index is 0.182. The van der Waals surface area contributed by atoms with Gasteiger partial charge in [0.1, 0.15) is 5.39 Å². The van der Waals surface area contributed by atoms with Crippen molar-refractivity contribution in [3.05, 3.63) is 23.7 Å². The van der Waals surface area contributed by atoms with Gasteiger partial charge in [0.05, 0.1) is 24.5 Å². The molecule has 0 atom stereocenters. The summed E-state index contributed by atoms with van der Waals surface area (Å²) in [7, 11) is 3.51. The Morgan fingerprint density at radius 1 is 1.25 bits per heavy atom. The third kappa shape index (κ3) is 2.91. The maximum absolute atomic E-state index is 5.41. The lowest BCUT2D eigenvalue weighted by Gasteiger charge is -2.20. The summed E-state index contributed by atoms with van der Waals surface area (Å²) in [5.41, 5.74) is 2.65. The van der Waals surface area contributed by atoms with Crippen LogP contribution in [0.25, 0.3) is 11.0 Å². The molecule has 0 aliphatic carbocycles. The summed E-state index contributed by atoms with van der Waals surface area (Å²) in [4.78, 5) is 9.07. The fraction of sp³-hybridized carbons (Fsp3) is 0.500. The van der Waals surface area contributed by atoms with E-state index in [9.17, 15) is 0 Å². The van der Waals surface area contributed by atoms with Crippen molar-refractivity contribution in [2.24, 2.45) is 7.05 Å². The predicted octanol–water partition coefficient (Wildman–Crippen LogP) is 2.24. The van der Waals surface area contributed by atoms with E-state index in [1.54, 1.807) is 18.0 Å². The molecule has 8 heteroatoms. The number of methoxy groups -OCH3 is 1. The second-order valence-corrected chi connectivity index (χ2v) is 6.79. The van der Waals surface area contributed by atoms with Gasteiger partial charge < -0.3 is 10.1 Å². The zero-order chi connectivity index (χ0) is 17.5. The van der Waals surface area contributed by atoms with E-state index in [2.05, 4.69) is 46.3 Å². The predicted molar refractivity (Wildman–Crippen MR) is 92.1 cm³/mol. The van der Waals surface area contributed by atoms with Crippen molar-refractivity contribution in [1.82, 2.24) is 29.5 Å². The van der Waals surface area contributed by atoms with E-state index in [0.717, 1.165) is 22.3 Å². The van der Waals surface area contributed by atoms with Crippen molar-refractivity contribution in [3.8, 4) is 5.88 Å². The van der Waals surface area contributed by atoms with Crippen molar-refractivity contribution in [3.63, 3.8) is 0 Å². The zero-order valence-corrected chi connectivity index (χ0v) is 15.0. The Morgan fingerprint density at radius 3 is 2.58 bits per heavy atom. The number of aryl methyl sites for hydroxylation is 2. The first-order valence-corrected chi connectivity index (χ1v) is 7.83. The lowest BCUT2D eigenvalue weighted by Crippen LogP contribution is -2.23. The molecule has 3 heterocycles. The molecule has 0 aromatic carbocycles. The Bertz CT molecular complexity index is 873. The lowest BCUT2D eigenvalue weighted by molar-refractivity contribution is 0.365. The minimum Gasteiger partial charge on any atom is -0.480 e. The molecule has 0 unspecified atom stereocenters. The molecule has 0 saturated heterocycles. The van der Waals surface area contributed by atoms with E-state index in [1.165, 1.54) is 0 Å². The van der Waals surface area contributed by atoms with Crippen molar-refractivity contribution < 1.29 is 4.74 Å². The Morgan fingerprint density at radius 2 is 2.00 bits per heavy atom. The first-order chi connectivity index (χ1) is 11.3. The summed E-state index contributed by atoms with van der Waals surface area (Å²) >= 11 is 0. The van der Waals surface area contributed by atoms with Crippen molar-refractivity contribution in [1.29, 1.82) is 0 Å². The van der Waals surface area contributed by atoms with Gasteiger partial charge in [-0.2, -0.15) is 20.2 Å². The van der Waals surface area contributed by atoms with Gasteiger partial charge in [-0.1, -0.05) is 0 Å². The molecule has 0 bridgehead atoms. The highest BCUT2D eigenvalue weighted by Gasteiger charge is 2.21. The highest BCUT2D eigenvalue weighted by Crippen LogP contribution is 2.27. The van der Waals surface area contributed by atoms with E-state index in [0.29, 0.717) is 18.4 Å². The average molecular weight is 329 g/mol. The van der Waals surface area contributed by atoms with Crippen LogP contribution in [0.2, 0.25) is 0 Å². The van der Waals surface area contributed by atoms with Crippen LogP contribution in [0.4, 0.5) is 5.95 Å². The van der Waals surface area contributed by atoms with Crippen LogP contribution in [0.1, 0.15) is 32.0 Å². The van der Waals surface area contributed by atoms with Gasteiger partial charge in [-0.25, -0.2) is 4.68 Å². The Kier molecular flexibility index (Phi) is 3.90. The molecule has 128 valence electrons. The summed E-state index contributed by atoms with van der Waals surface area (Å²) in [6, 6.07) is 0. The molecule has 0 amide bonds. The van der Waals surface area contributed by atoms with Crippen LogP contribution >= 0.6 is 0 Å². The topological polar surface area (TPSA) is 82.7 Å². The molecule has 3 aromatic rings. The highest BCUT2D eigenvalue weighted by atomic mass is 16.5. The zero-order valence-electron chi connectivity index (χ0n) is 15.0. The van der Waals surface area contributed by atoms with E-state index in [-0.39, 0.29) is 5.54 Å². The van der Waals surface area contributed by atoms with E-state index in [4.69, 9.17) is 4.74 Å². The lowest BCUT2D eigenvalue weighted by atomic mass is 10.1. The molecule has 1 N–H and O–H groups in total. The summed E-state index contributed by atoms with van der Waals surface area (Å²) < 4.78 is 9.09. The number of aromatic nitrogens is 6. The minimum atomic E-state index is -0.182. The molecule has 0 aliphatic rings. The number of fused-ring (bicyclic) bond motifs is 1. The maximum atomic E-state index is 5.41. The number of hydrogen-bond donors (Lipinski definition) is 1. The molecule has 0 spiro atoms. The number of ether oxygens (including phenoxy) is 1. The van der Waals surface area contributed by atoms with Gasteiger partial charge in [-0.3, -0.25) is 4.68 Å². The number of nitrogens with zero attached hydrogens (tertiary/aromatic N) is 6. The van der Waals surface area contributed by atoms with E-state index < -0.39 is 0 Å². The van der Waals surface area contributed by atoms with Gasteiger partial charge in [-0.05, 0) is 27.7 Å². The molecule has 8 nitrogen and oxygen atoms in total. The van der Waals surface area contributed by atoms with Crippen LogP contribution in [0.5, 0.6) is 5.88 Å². The standard InChI is InChI=1S/C16H23N7O/c1-10-11(9-22(5)21-10)7-17-15-19-13-12(14(20-15)24-6)8-18-23(13)16(2,3)4/h8-9H,7H2,1-6H3,(H,17,19,20). The maximum Gasteiger partial charge on any atom is 0.229 e. The molecule has 3 rings (SSSR count). The molecule has 0 aliphatic heterocycles. The largest absolute Gasteiger partial charge is 0.480 e. The van der Waals surface area contributed by atoms with Gasteiger partial charge in [0, 0.05) is 25.4 Å². The fourth-order valence-corrected chi connectivity index (χ4v) is 2.60. The third-order valence-corrected chi connectivity index (χ3v) is 3.77. The van der Waals surface area contributed by atoms with Gasteiger partial charge in [0.2, 0.25) is 11.8 Å². The fourth-order valence-electron chi connectivity index (χ4n) is 2.60. The van der Waals surface area contributed by atoms with Crippen LogP contribution in [0, 0.1) is 6.92 Å². The van der Waals surface area contributed by atoms with Crippen LogP contribution in [0.3, 0.4) is 0 Å². The summed E-state index contributed by atoms with van der Waals surface area (Å²) in [5, 5.41) is 12.8. The summed E-state index contributed by atoms with van der Waals surface area (Å²) in [5.74, 6) is 1.02. The average Bonchev–Trinajstić information content (AvgIpc) is 3.06. The van der Waals surface area contributed by atoms with E-state index in [1.807, 2.05) is 24.9 Å². The number of anilines is 1. The van der Waals surface area contributed by atoms with Crippen LogP contribution < -0.4 is 10.1 Å². The Hall–Kier alpha value is -2.64. The SMILES string of the molecule is COc1nc(NCc2cn(C)nc2C)nc2c1cnn2C(C)(C)C.